The van der Waals surface area contributed by atoms with E-state index in [9.17, 15) is 4.79 Å². The Morgan fingerprint density at radius 2 is 2.00 bits per heavy atom. The van der Waals surface area contributed by atoms with Gasteiger partial charge in [0, 0.05) is 18.5 Å². The number of carbonyl (C=O) groups excluding carboxylic acids is 1. The first-order chi connectivity index (χ1) is 4.01. The van der Waals surface area contributed by atoms with Gasteiger partial charge in [-0.2, -0.15) is 0 Å². The van der Waals surface area contributed by atoms with Crippen molar-refractivity contribution in [1.82, 2.24) is 4.90 Å². The maximum atomic E-state index is 10.4. The van der Waals surface area contributed by atoms with E-state index in [-0.39, 0.29) is 6.03 Å². The lowest BCUT2D eigenvalue weighted by Gasteiger charge is -2.44. The minimum Gasteiger partial charge on any atom is -0.351 e. The van der Waals surface area contributed by atoms with Crippen molar-refractivity contribution >= 4 is 6.03 Å². The molecule has 0 radical (unpaired) electrons. The molecule has 52 valence electrons. The Morgan fingerprint density at radius 1 is 1.56 bits per heavy atom. The van der Waals surface area contributed by atoms with E-state index >= 15 is 0 Å². The van der Waals surface area contributed by atoms with E-state index in [1.165, 1.54) is 0 Å². The van der Waals surface area contributed by atoms with E-state index in [1.54, 1.807) is 4.90 Å². The topological polar surface area (TPSA) is 46.3 Å². The molecule has 1 saturated heterocycles. The molecule has 1 aliphatic heterocycles. The highest BCUT2D eigenvalue weighted by Crippen LogP contribution is 2.27. The van der Waals surface area contributed by atoms with Crippen LogP contribution in [0.15, 0.2) is 0 Å². The fourth-order valence-electron chi connectivity index (χ4n) is 1.14. The number of primary amides is 1. The summed E-state index contributed by atoms with van der Waals surface area (Å²) in [5, 5.41) is 0. The molecular formula is C6H12N2O. The number of urea groups is 1. The number of hydrogen-bond acceptors (Lipinski definition) is 1. The number of amides is 2. The molecule has 1 aliphatic rings. The fraction of sp³-hybridized carbons (Fsp3) is 0.833. The lowest BCUT2D eigenvalue weighted by molar-refractivity contribution is 0.0665. The summed E-state index contributed by atoms with van der Waals surface area (Å²) >= 11 is 0. The van der Waals surface area contributed by atoms with Crippen molar-refractivity contribution in [3.8, 4) is 0 Å². The molecule has 0 aromatic heterocycles. The summed E-state index contributed by atoms with van der Waals surface area (Å²) in [7, 11) is 0. The molecule has 0 atom stereocenters. The summed E-state index contributed by atoms with van der Waals surface area (Å²) in [5.41, 5.74) is 5.31. The van der Waals surface area contributed by atoms with E-state index in [4.69, 9.17) is 5.73 Å². The Hall–Kier alpha value is -0.730. The van der Waals surface area contributed by atoms with Gasteiger partial charge < -0.3 is 10.6 Å². The van der Waals surface area contributed by atoms with Gasteiger partial charge in [0.2, 0.25) is 0 Å². The van der Waals surface area contributed by atoms with Gasteiger partial charge >= 0.3 is 6.03 Å². The largest absolute Gasteiger partial charge is 0.351 e. The molecular weight excluding hydrogens is 116 g/mol. The van der Waals surface area contributed by atoms with Crippen LogP contribution in [0.25, 0.3) is 0 Å². The maximum absolute atomic E-state index is 10.4. The minimum absolute atomic E-state index is 0.297. The van der Waals surface area contributed by atoms with Gasteiger partial charge in [-0.3, -0.25) is 0 Å². The van der Waals surface area contributed by atoms with Crippen molar-refractivity contribution in [3.63, 3.8) is 0 Å². The Balaban J connectivity index is 2.35. The van der Waals surface area contributed by atoms with Crippen molar-refractivity contribution in [1.29, 1.82) is 0 Å². The van der Waals surface area contributed by atoms with E-state index in [2.05, 4.69) is 13.8 Å². The van der Waals surface area contributed by atoms with Crippen LogP contribution >= 0.6 is 0 Å². The molecule has 1 fully saturated rings. The van der Waals surface area contributed by atoms with Crippen molar-refractivity contribution in [3.05, 3.63) is 0 Å². The Labute approximate surface area is 54.8 Å². The molecule has 2 N–H and O–H groups in total. The smallest absolute Gasteiger partial charge is 0.314 e. The van der Waals surface area contributed by atoms with E-state index in [1.807, 2.05) is 0 Å². The Kier molecular flexibility index (Phi) is 1.15. The number of rotatable bonds is 0. The molecule has 3 heteroatoms. The minimum atomic E-state index is -0.297. The van der Waals surface area contributed by atoms with Crippen LogP contribution in [0.2, 0.25) is 0 Å². The maximum Gasteiger partial charge on any atom is 0.314 e. The first-order valence-electron chi connectivity index (χ1n) is 3.06. The Morgan fingerprint density at radius 3 is 2.11 bits per heavy atom. The number of likely N-dealkylation sites (tertiary alicyclic amines) is 1. The summed E-state index contributed by atoms with van der Waals surface area (Å²) < 4.78 is 0. The molecule has 0 saturated carbocycles. The monoisotopic (exact) mass is 128 g/mol. The molecule has 0 unspecified atom stereocenters. The normalized spacial score (nSPS) is 23.1. The van der Waals surface area contributed by atoms with Crippen LogP contribution in [0.5, 0.6) is 0 Å². The summed E-state index contributed by atoms with van der Waals surface area (Å²) in [6.45, 7) is 5.85. The SMILES string of the molecule is CC1(C)CN(C(N)=O)C1. The zero-order valence-electron chi connectivity index (χ0n) is 5.85. The highest BCUT2D eigenvalue weighted by Gasteiger charge is 2.35. The standard InChI is InChI=1S/C6H12N2O/c1-6(2)3-8(4-6)5(7)9/h3-4H2,1-2H3,(H2,7,9). The van der Waals surface area contributed by atoms with Gasteiger partial charge in [0.1, 0.15) is 0 Å². The van der Waals surface area contributed by atoms with Crippen LogP contribution in [-0.2, 0) is 0 Å². The fourth-order valence-corrected chi connectivity index (χ4v) is 1.14. The first-order valence-corrected chi connectivity index (χ1v) is 3.06. The van der Waals surface area contributed by atoms with Crippen LogP contribution in [0.1, 0.15) is 13.8 Å². The van der Waals surface area contributed by atoms with Gasteiger partial charge in [-0.25, -0.2) is 4.79 Å². The highest BCUT2D eigenvalue weighted by molar-refractivity contribution is 5.73. The van der Waals surface area contributed by atoms with Gasteiger partial charge in [0.15, 0.2) is 0 Å². The molecule has 0 aliphatic carbocycles. The molecule has 1 heterocycles. The van der Waals surface area contributed by atoms with Crippen molar-refractivity contribution in [2.75, 3.05) is 13.1 Å². The molecule has 3 nitrogen and oxygen atoms in total. The number of hydrogen-bond donors (Lipinski definition) is 1. The summed E-state index contributed by atoms with van der Waals surface area (Å²) in [6, 6.07) is -0.297. The summed E-state index contributed by atoms with van der Waals surface area (Å²) in [5.74, 6) is 0. The zero-order valence-corrected chi connectivity index (χ0v) is 5.85. The van der Waals surface area contributed by atoms with E-state index in [0.717, 1.165) is 13.1 Å². The van der Waals surface area contributed by atoms with Gasteiger partial charge in [0.25, 0.3) is 0 Å². The third kappa shape index (κ3) is 1.15. The van der Waals surface area contributed by atoms with Crippen molar-refractivity contribution < 1.29 is 4.79 Å². The number of nitrogens with zero attached hydrogens (tertiary/aromatic N) is 1. The van der Waals surface area contributed by atoms with E-state index < -0.39 is 0 Å². The lowest BCUT2D eigenvalue weighted by Crippen LogP contribution is -2.57. The van der Waals surface area contributed by atoms with Gasteiger partial charge in [-0.15, -0.1) is 0 Å². The predicted molar refractivity (Wildman–Crippen MR) is 34.9 cm³/mol. The molecule has 2 amide bonds. The van der Waals surface area contributed by atoms with Gasteiger partial charge in [-0.1, -0.05) is 13.8 Å². The second kappa shape index (κ2) is 1.62. The third-order valence-corrected chi connectivity index (χ3v) is 1.55. The average molecular weight is 128 g/mol. The quantitative estimate of drug-likeness (QED) is 0.504. The molecule has 0 aromatic rings. The second-order valence-corrected chi connectivity index (χ2v) is 3.36. The molecule has 1 rings (SSSR count). The molecule has 0 aromatic carbocycles. The van der Waals surface area contributed by atoms with E-state index in [0.29, 0.717) is 5.41 Å². The summed E-state index contributed by atoms with van der Waals surface area (Å²) in [4.78, 5) is 12.1. The molecule has 9 heavy (non-hydrogen) atoms. The van der Waals surface area contributed by atoms with Crippen LogP contribution in [0, 0.1) is 5.41 Å². The van der Waals surface area contributed by atoms with Crippen LogP contribution in [0.4, 0.5) is 4.79 Å². The number of carbonyl (C=O) groups is 1. The molecule has 0 bridgehead atoms. The average Bonchev–Trinajstić information content (AvgIpc) is 1.59. The molecule has 0 spiro atoms. The summed E-state index contributed by atoms with van der Waals surface area (Å²) in [6.07, 6.45) is 0. The van der Waals surface area contributed by atoms with Gasteiger partial charge in [0.05, 0.1) is 0 Å². The predicted octanol–water partition coefficient (Wildman–Crippen LogP) is 0.407. The second-order valence-electron chi connectivity index (χ2n) is 3.36. The van der Waals surface area contributed by atoms with Crippen LogP contribution in [0.3, 0.4) is 0 Å². The van der Waals surface area contributed by atoms with Crippen LogP contribution in [-0.4, -0.2) is 24.0 Å². The third-order valence-electron chi connectivity index (χ3n) is 1.55. The Bertz CT molecular complexity index is 134. The van der Waals surface area contributed by atoms with Crippen molar-refractivity contribution in [2.45, 2.75) is 13.8 Å². The van der Waals surface area contributed by atoms with Gasteiger partial charge in [-0.05, 0) is 0 Å². The first kappa shape index (κ1) is 6.39. The highest BCUT2D eigenvalue weighted by atomic mass is 16.2. The van der Waals surface area contributed by atoms with Crippen molar-refractivity contribution in [2.24, 2.45) is 11.1 Å². The lowest BCUT2D eigenvalue weighted by atomic mass is 9.85. The van der Waals surface area contributed by atoms with Crippen LogP contribution < -0.4 is 5.73 Å². The number of nitrogens with two attached hydrogens (primary N) is 1. The zero-order chi connectivity index (χ0) is 7.07.